The van der Waals surface area contributed by atoms with Gasteiger partial charge in [-0.2, -0.15) is 8.42 Å². The molecule has 3 N–H and O–H groups in total. The van der Waals surface area contributed by atoms with E-state index in [9.17, 15) is 31.7 Å². The van der Waals surface area contributed by atoms with Crippen LogP contribution < -0.4 is 19.4 Å². The van der Waals surface area contributed by atoms with Crippen LogP contribution in [0.3, 0.4) is 0 Å². The van der Waals surface area contributed by atoms with Crippen molar-refractivity contribution < 1.29 is 31.7 Å². The number of carbonyl (C=O) groups is 1. The van der Waals surface area contributed by atoms with E-state index in [0.717, 1.165) is 12.8 Å². The van der Waals surface area contributed by atoms with Crippen molar-refractivity contribution in [2.45, 2.75) is 44.4 Å². The van der Waals surface area contributed by atoms with Crippen molar-refractivity contribution in [1.29, 1.82) is 0 Å². The highest BCUT2D eigenvalue weighted by Crippen LogP contribution is 2.54. The molecule has 12 nitrogen and oxygen atoms in total. The molecular formula is C27H33F2N7O5S. The van der Waals surface area contributed by atoms with Crippen LogP contribution in [0.25, 0.3) is 5.52 Å². The van der Waals surface area contributed by atoms with Gasteiger partial charge in [0.05, 0.1) is 48.8 Å². The number of nitrogens with zero attached hydrogens (tertiary/aromatic N) is 6. The number of alkyl halides is 2. The maximum absolute atomic E-state index is 13.8. The predicted molar refractivity (Wildman–Crippen MR) is 153 cm³/mol. The van der Waals surface area contributed by atoms with Gasteiger partial charge in [-0.3, -0.25) is 13.7 Å². The van der Waals surface area contributed by atoms with Gasteiger partial charge in [0, 0.05) is 39.0 Å². The number of halogens is 2. The second-order valence-corrected chi connectivity index (χ2v) is 12.7. The Morgan fingerprint density at radius 3 is 2.38 bits per heavy atom. The Balaban J connectivity index is 1.32. The summed E-state index contributed by atoms with van der Waals surface area (Å²) in [6, 6.07) is 4.43. The number of carbonyl (C=O) groups excluding carboxylic acids is 1. The van der Waals surface area contributed by atoms with Crippen molar-refractivity contribution in [2.24, 2.45) is 5.41 Å². The summed E-state index contributed by atoms with van der Waals surface area (Å²) in [7, 11) is -4.67. The fraction of sp³-hybridized carbons (Fsp3) is 0.519. The lowest BCUT2D eigenvalue weighted by molar-refractivity contribution is -0.0221. The topological polar surface area (TPSA) is 144 Å². The molecule has 2 aliphatic heterocycles. The van der Waals surface area contributed by atoms with E-state index in [1.807, 2.05) is 4.90 Å². The van der Waals surface area contributed by atoms with E-state index in [-0.39, 0.29) is 49.5 Å². The van der Waals surface area contributed by atoms with Crippen LogP contribution >= 0.6 is 0 Å². The zero-order chi connectivity index (χ0) is 29.7. The maximum Gasteiger partial charge on any atom is 0.360 e. The van der Waals surface area contributed by atoms with Gasteiger partial charge in [-0.15, -0.1) is 0 Å². The first kappa shape index (κ1) is 28.6. The van der Waals surface area contributed by atoms with Crippen LogP contribution in [0.5, 0.6) is 0 Å². The summed E-state index contributed by atoms with van der Waals surface area (Å²) in [6.07, 6.45) is 8.40. The van der Waals surface area contributed by atoms with E-state index >= 15 is 0 Å². The minimum Gasteiger partial charge on any atom is -0.394 e. The number of amides is 1. The number of imidazole rings is 1. The maximum atomic E-state index is 13.8. The third-order valence-electron chi connectivity index (χ3n) is 8.64. The van der Waals surface area contributed by atoms with Crippen molar-refractivity contribution in [1.82, 2.24) is 14.4 Å². The summed E-state index contributed by atoms with van der Waals surface area (Å²) in [5.74, 6) is -2.58. The molecule has 2 aromatic heterocycles. The fourth-order valence-corrected chi connectivity index (χ4v) is 6.62. The molecule has 1 spiro atoms. The van der Waals surface area contributed by atoms with Gasteiger partial charge >= 0.3 is 10.3 Å². The number of aliphatic hydroxyl groups is 1. The van der Waals surface area contributed by atoms with Crippen molar-refractivity contribution in [3.05, 3.63) is 42.5 Å². The Hall–Kier alpha value is -3.56. The van der Waals surface area contributed by atoms with Gasteiger partial charge in [0.15, 0.2) is 11.6 Å². The van der Waals surface area contributed by atoms with Crippen molar-refractivity contribution in [3.63, 3.8) is 0 Å². The van der Waals surface area contributed by atoms with Gasteiger partial charge in [0.25, 0.3) is 11.8 Å². The van der Waals surface area contributed by atoms with E-state index in [1.165, 1.54) is 31.0 Å². The Labute approximate surface area is 241 Å². The lowest BCUT2D eigenvalue weighted by atomic mass is 9.93. The summed E-state index contributed by atoms with van der Waals surface area (Å²) in [4.78, 5) is 26.3. The number of aliphatic hydroxyl groups excluding tert-OH is 1. The lowest BCUT2D eigenvalue weighted by Gasteiger charge is -2.35. The van der Waals surface area contributed by atoms with Gasteiger partial charge in [0.1, 0.15) is 5.52 Å². The molecule has 42 heavy (non-hydrogen) atoms. The van der Waals surface area contributed by atoms with Crippen LogP contribution in [0.1, 0.15) is 48.9 Å². The van der Waals surface area contributed by atoms with Crippen LogP contribution in [0, 0.1) is 5.41 Å². The Morgan fingerprint density at radius 1 is 1.05 bits per heavy atom. The molecule has 1 amide bonds. The highest BCUT2D eigenvalue weighted by atomic mass is 32.2. The molecule has 2 saturated heterocycles. The second-order valence-electron chi connectivity index (χ2n) is 11.4. The fourth-order valence-electron chi connectivity index (χ4n) is 5.93. The SMILES string of the molecule is O=C(Nc1cn2cncc2c(N2CCC(F)(F)CC2)n1)c1ccc(N(CCO)S(=O)(=O)O)cc1N1CCC2(CC1)CC2. The van der Waals surface area contributed by atoms with E-state index < -0.39 is 28.7 Å². The average molecular weight is 606 g/mol. The number of nitrogens with one attached hydrogen (secondary N) is 1. The van der Waals surface area contributed by atoms with E-state index in [0.29, 0.717) is 39.8 Å². The molecule has 1 aliphatic carbocycles. The number of fused-ring (bicyclic) bond motifs is 1. The van der Waals surface area contributed by atoms with Crippen LogP contribution in [-0.2, 0) is 10.3 Å². The second kappa shape index (κ2) is 10.6. The number of anilines is 4. The zero-order valence-corrected chi connectivity index (χ0v) is 23.7. The molecular weight excluding hydrogens is 572 g/mol. The third kappa shape index (κ3) is 5.72. The smallest absolute Gasteiger partial charge is 0.360 e. The molecule has 4 heterocycles. The number of piperidine rings is 2. The largest absolute Gasteiger partial charge is 0.394 e. The summed E-state index contributed by atoms with van der Waals surface area (Å²) in [5.41, 5.74) is 1.87. The van der Waals surface area contributed by atoms with Gasteiger partial charge in [-0.05, 0) is 49.3 Å². The molecule has 15 heteroatoms. The number of hydrogen-bond donors (Lipinski definition) is 3. The number of hydrogen-bond acceptors (Lipinski definition) is 8. The Bertz CT molecular complexity index is 1590. The quantitative estimate of drug-likeness (QED) is 0.330. The normalized spacial score (nSPS) is 19.7. The minimum absolute atomic E-state index is 0.110. The zero-order valence-electron chi connectivity index (χ0n) is 22.9. The molecule has 3 aliphatic rings. The highest BCUT2D eigenvalue weighted by Gasteiger charge is 2.45. The summed E-state index contributed by atoms with van der Waals surface area (Å²) >= 11 is 0. The molecule has 226 valence electrons. The standard InChI is InChI=1S/C27H33F2N7O5S/c28-27(29)7-11-34(12-8-27)24-22-16-30-18-35(22)17-23(31-24)32-25(38)20-2-1-19(36(13-14-37)42(39,40)41)15-21(20)33-9-5-26(3-4-26)6-10-33/h1-2,15-18,37H,3-14H2,(H,32,38)(H,39,40,41). The molecule has 0 unspecified atom stereocenters. The molecule has 3 aromatic rings. The van der Waals surface area contributed by atoms with Gasteiger partial charge in [0.2, 0.25) is 0 Å². The summed E-state index contributed by atoms with van der Waals surface area (Å²) < 4.78 is 63.9. The number of benzene rings is 1. The van der Waals surface area contributed by atoms with Gasteiger partial charge < -0.3 is 20.2 Å². The van der Waals surface area contributed by atoms with Crippen molar-refractivity contribution in [3.8, 4) is 0 Å². The van der Waals surface area contributed by atoms with Crippen molar-refractivity contribution in [2.75, 3.05) is 58.8 Å². The first-order valence-electron chi connectivity index (χ1n) is 14.0. The van der Waals surface area contributed by atoms with Gasteiger partial charge in [-0.1, -0.05) is 0 Å². The first-order chi connectivity index (χ1) is 20.0. The molecule has 6 rings (SSSR count). The van der Waals surface area contributed by atoms with Crippen LogP contribution in [0.15, 0.2) is 36.9 Å². The van der Waals surface area contributed by atoms with E-state index in [4.69, 9.17) is 0 Å². The lowest BCUT2D eigenvalue weighted by Crippen LogP contribution is -2.40. The number of rotatable bonds is 8. The van der Waals surface area contributed by atoms with Crippen LogP contribution in [0.2, 0.25) is 0 Å². The summed E-state index contributed by atoms with van der Waals surface area (Å²) in [5, 5.41) is 12.2. The molecule has 1 saturated carbocycles. The monoisotopic (exact) mass is 605 g/mol. The van der Waals surface area contributed by atoms with E-state index in [2.05, 4.69) is 15.3 Å². The van der Waals surface area contributed by atoms with Crippen molar-refractivity contribution >= 4 is 44.7 Å². The first-order valence-corrected chi connectivity index (χ1v) is 15.4. The van der Waals surface area contributed by atoms with E-state index in [1.54, 1.807) is 28.0 Å². The Kier molecular flexibility index (Phi) is 7.22. The van der Waals surface area contributed by atoms with Crippen LogP contribution in [0.4, 0.5) is 31.8 Å². The summed E-state index contributed by atoms with van der Waals surface area (Å²) in [6.45, 7) is 0.712. The van der Waals surface area contributed by atoms with Crippen LogP contribution in [-0.4, -0.2) is 83.6 Å². The average Bonchev–Trinajstić information content (AvgIpc) is 3.52. The highest BCUT2D eigenvalue weighted by molar-refractivity contribution is 7.87. The molecule has 0 atom stereocenters. The molecule has 3 fully saturated rings. The minimum atomic E-state index is -4.67. The molecule has 0 radical (unpaired) electrons. The molecule has 0 bridgehead atoms. The third-order valence-corrected chi connectivity index (χ3v) is 9.59. The Morgan fingerprint density at radius 2 is 1.74 bits per heavy atom. The predicted octanol–water partition coefficient (Wildman–Crippen LogP) is 3.20. The van der Waals surface area contributed by atoms with Gasteiger partial charge in [-0.25, -0.2) is 23.1 Å². The number of aromatic nitrogens is 3. The molecule has 1 aromatic carbocycles.